The van der Waals surface area contributed by atoms with E-state index in [9.17, 15) is 0 Å². The van der Waals surface area contributed by atoms with Crippen LogP contribution in [0.4, 0.5) is 5.69 Å². The molecule has 0 amide bonds. The second-order valence-electron chi connectivity index (χ2n) is 5.84. The van der Waals surface area contributed by atoms with Crippen LogP contribution in [0.1, 0.15) is 31.6 Å². The lowest BCUT2D eigenvalue weighted by Gasteiger charge is -2.17. The average Bonchev–Trinajstić information content (AvgIpc) is 3.13. The van der Waals surface area contributed by atoms with Gasteiger partial charge in [-0.1, -0.05) is 41.0 Å². The predicted octanol–water partition coefficient (Wildman–Crippen LogP) is 5.76. The topological polar surface area (TPSA) is 59.9 Å². The zero-order chi connectivity index (χ0) is 17.9. The van der Waals surface area contributed by atoms with Crippen LogP contribution in [-0.4, -0.2) is 20.9 Å². The number of benzene rings is 1. The van der Waals surface area contributed by atoms with E-state index in [2.05, 4.69) is 54.8 Å². The molecule has 1 N–H and O–H groups in total. The Balaban J connectivity index is 1.76. The van der Waals surface area contributed by atoms with Crippen LogP contribution >= 0.6 is 39.0 Å². The number of nitrogens with one attached hydrogen (secondary N) is 1. The molecule has 1 aromatic carbocycles. The number of fused-ring (bicyclic) bond motifs is 3. The van der Waals surface area contributed by atoms with Crippen molar-refractivity contribution in [2.45, 2.75) is 31.1 Å². The number of anilines is 1. The van der Waals surface area contributed by atoms with Gasteiger partial charge in [-0.05, 0) is 41.4 Å². The van der Waals surface area contributed by atoms with Gasteiger partial charge in [0.1, 0.15) is 0 Å². The summed E-state index contributed by atoms with van der Waals surface area (Å²) in [7, 11) is 0. The molecular weight excluding hydrogens is 432 g/mol. The van der Waals surface area contributed by atoms with Gasteiger partial charge in [0, 0.05) is 27.0 Å². The van der Waals surface area contributed by atoms with E-state index in [1.807, 2.05) is 23.6 Å². The van der Waals surface area contributed by atoms with Crippen molar-refractivity contribution >= 4 is 44.7 Å². The van der Waals surface area contributed by atoms with Crippen LogP contribution < -0.4 is 10.1 Å². The third kappa shape index (κ3) is 3.72. The SMILES string of the molecule is CCCCSc1nnc2c(n1)O[C@@H](c1ccsc1)Nc1ccc(Br)cc1-2. The molecule has 4 rings (SSSR count). The molecule has 26 heavy (non-hydrogen) atoms. The van der Waals surface area contributed by atoms with Crippen molar-refractivity contribution in [2.75, 3.05) is 11.1 Å². The Morgan fingerprint density at radius 2 is 2.23 bits per heavy atom. The first kappa shape index (κ1) is 17.8. The largest absolute Gasteiger partial charge is 0.448 e. The number of nitrogens with zero attached hydrogens (tertiary/aromatic N) is 3. The monoisotopic (exact) mass is 448 g/mol. The minimum Gasteiger partial charge on any atom is -0.448 e. The molecule has 3 aromatic rings. The van der Waals surface area contributed by atoms with Crippen LogP contribution in [0.25, 0.3) is 11.3 Å². The van der Waals surface area contributed by atoms with Gasteiger partial charge in [0.2, 0.25) is 11.0 Å². The van der Waals surface area contributed by atoms with Gasteiger partial charge in [-0.3, -0.25) is 0 Å². The highest BCUT2D eigenvalue weighted by Crippen LogP contribution is 2.41. The van der Waals surface area contributed by atoms with Crippen molar-refractivity contribution in [1.82, 2.24) is 15.2 Å². The van der Waals surface area contributed by atoms with E-state index in [1.165, 1.54) is 0 Å². The van der Waals surface area contributed by atoms with Crippen LogP contribution in [0.15, 0.2) is 44.7 Å². The summed E-state index contributed by atoms with van der Waals surface area (Å²) in [5.74, 6) is 1.49. The maximum atomic E-state index is 6.22. The van der Waals surface area contributed by atoms with Crippen LogP contribution in [-0.2, 0) is 0 Å². The molecule has 0 bridgehead atoms. The van der Waals surface area contributed by atoms with Gasteiger partial charge in [-0.15, -0.1) is 10.2 Å². The number of aromatic nitrogens is 3. The predicted molar refractivity (Wildman–Crippen MR) is 110 cm³/mol. The number of rotatable bonds is 5. The molecule has 0 saturated heterocycles. The minimum atomic E-state index is -0.312. The molecule has 0 aliphatic carbocycles. The van der Waals surface area contributed by atoms with Crippen molar-refractivity contribution in [3.8, 4) is 17.1 Å². The summed E-state index contributed by atoms with van der Waals surface area (Å²) in [5.41, 5.74) is 3.60. The standard InChI is InChI=1S/C18H17BrN4OS2/c1-2-3-7-26-18-21-17-15(22-23-18)13-9-12(19)4-5-14(13)20-16(24-17)11-6-8-25-10-11/h4-6,8-10,16,20H,2-3,7H2,1H3/t16-/m0/s1. The van der Waals surface area contributed by atoms with Gasteiger partial charge in [-0.25, -0.2) is 0 Å². The Morgan fingerprint density at radius 1 is 1.31 bits per heavy atom. The lowest BCUT2D eigenvalue weighted by atomic mass is 10.1. The highest BCUT2D eigenvalue weighted by atomic mass is 79.9. The Labute approximate surface area is 168 Å². The van der Waals surface area contributed by atoms with E-state index in [0.29, 0.717) is 16.7 Å². The van der Waals surface area contributed by atoms with Crippen molar-refractivity contribution in [3.63, 3.8) is 0 Å². The number of hydrogen-bond acceptors (Lipinski definition) is 7. The molecular formula is C18H17BrN4OS2. The molecule has 1 aliphatic rings. The Morgan fingerprint density at radius 3 is 3.04 bits per heavy atom. The zero-order valence-corrected chi connectivity index (χ0v) is 17.3. The molecule has 134 valence electrons. The molecule has 0 unspecified atom stereocenters. The fourth-order valence-electron chi connectivity index (χ4n) is 2.61. The number of thiophene rings is 1. The van der Waals surface area contributed by atoms with E-state index in [-0.39, 0.29) is 6.23 Å². The molecule has 0 spiro atoms. The van der Waals surface area contributed by atoms with E-state index in [1.54, 1.807) is 23.1 Å². The fraction of sp³-hybridized carbons (Fsp3) is 0.278. The molecule has 1 aliphatic heterocycles. The second kappa shape index (κ2) is 7.94. The van der Waals surface area contributed by atoms with Crippen molar-refractivity contribution in [3.05, 3.63) is 45.1 Å². The number of ether oxygens (including phenoxy) is 1. The third-order valence-corrected chi connectivity index (χ3v) is 6.08. The second-order valence-corrected chi connectivity index (χ2v) is 8.60. The van der Waals surface area contributed by atoms with E-state index in [4.69, 9.17) is 4.74 Å². The van der Waals surface area contributed by atoms with Crippen LogP contribution in [0.5, 0.6) is 5.88 Å². The zero-order valence-electron chi connectivity index (χ0n) is 14.1. The molecule has 0 saturated carbocycles. The lowest BCUT2D eigenvalue weighted by molar-refractivity contribution is 0.225. The van der Waals surface area contributed by atoms with Gasteiger partial charge in [0.15, 0.2) is 11.9 Å². The quantitative estimate of drug-likeness (QED) is 0.395. The Hall–Kier alpha value is -1.64. The molecule has 1 atom stereocenters. The van der Waals surface area contributed by atoms with E-state index < -0.39 is 0 Å². The maximum absolute atomic E-state index is 6.22. The summed E-state index contributed by atoms with van der Waals surface area (Å²) in [4.78, 5) is 4.65. The molecule has 0 fully saturated rings. The van der Waals surface area contributed by atoms with Crippen molar-refractivity contribution in [1.29, 1.82) is 0 Å². The number of hydrogen-bond donors (Lipinski definition) is 1. The maximum Gasteiger partial charge on any atom is 0.247 e. The highest BCUT2D eigenvalue weighted by molar-refractivity contribution is 9.10. The molecule has 2 aromatic heterocycles. The van der Waals surface area contributed by atoms with E-state index >= 15 is 0 Å². The van der Waals surface area contributed by atoms with Gasteiger partial charge < -0.3 is 10.1 Å². The summed E-state index contributed by atoms with van der Waals surface area (Å²) in [6.45, 7) is 2.17. The highest BCUT2D eigenvalue weighted by Gasteiger charge is 2.26. The minimum absolute atomic E-state index is 0.312. The Bertz CT molecular complexity index is 904. The van der Waals surface area contributed by atoms with Gasteiger partial charge in [-0.2, -0.15) is 16.3 Å². The average molecular weight is 449 g/mol. The van der Waals surface area contributed by atoms with Crippen LogP contribution in [0.2, 0.25) is 0 Å². The normalized spacial score (nSPS) is 15.4. The first-order valence-electron chi connectivity index (χ1n) is 8.37. The molecule has 8 heteroatoms. The smallest absolute Gasteiger partial charge is 0.247 e. The first-order valence-corrected chi connectivity index (χ1v) is 11.1. The third-order valence-electron chi connectivity index (χ3n) is 3.96. The summed E-state index contributed by atoms with van der Waals surface area (Å²) >= 11 is 6.80. The fourth-order valence-corrected chi connectivity index (χ4v) is 4.51. The van der Waals surface area contributed by atoms with Gasteiger partial charge >= 0.3 is 0 Å². The molecule has 5 nitrogen and oxygen atoms in total. The molecule has 3 heterocycles. The number of thioether (sulfide) groups is 1. The number of halogens is 1. The summed E-state index contributed by atoms with van der Waals surface area (Å²) in [5, 5.41) is 17.0. The summed E-state index contributed by atoms with van der Waals surface area (Å²) in [6.07, 6.45) is 1.96. The van der Waals surface area contributed by atoms with Crippen LogP contribution in [0.3, 0.4) is 0 Å². The first-order chi connectivity index (χ1) is 12.7. The Kier molecular flexibility index (Phi) is 5.42. The summed E-state index contributed by atoms with van der Waals surface area (Å²) in [6, 6.07) is 8.08. The number of unbranched alkanes of at least 4 members (excludes halogenated alkanes) is 1. The van der Waals surface area contributed by atoms with Gasteiger partial charge in [0.05, 0.1) is 0 Å². The lowest BCUT2D eigenvalue weighted by Crippen LogP contribution is -2.16. The van der Waals surface area contributed by atoms with E-state index in [0.717, 1.165) is 39.9 Å². The molecule has 0 radical (unpaired) electrons. The van der Waals surface area contributed by atoms with Crippen molar-refractivity contribution in [2.24, 2.45) is 0 Å². The van der Waals surface area contributed by atoms with Crippen molar-refractivity contribution < 1.29 is 4.74 Å². The van der Waals surface area contributed by atoms with Gasteiger partial charge in [0.25, 0.3) is 0 Å². The van der Waals surface area contributed by atoms with Crippen LogP contribution in [0, 0.1) is 0 Å². The summed E-state index contributed by atoms with van der Waals surface area (Å²) < 4.78 is 7.20.